The van der Waals surface area contributed by atoms with E-state index in [2.05, 4.69) is 15.1 Å². The lowest BCUT2D eigenvalue weighted by Crippen LogP contribution is -2.34. The first-order chi connectivity index (χ1) is 15.3. The maximum atomic E-state index is 12.6. The molecule has 0 bridgehead atoms. The second-order valence-corrected chi connectivity index (χ2v) is 8.18. The number of hydrogen-bond acceptors (Lipinski definition) is 6. The van der Waals surface area contributed by atoms with Gasteiger partial charge in [-0.3, -0.25) is 14.4 Å². The van der Waals surface area contributed by atoms with E-state index in [-0.39, 0.29) is 11.8 Å². The van der Waals surface area contributed by atoms with E-state index in [0.29, 0.717) is 41.3 Å². The highest BCUT2D eigenvalue weighted by Crippen LogP contribution is 2.33. The predicted octanol–water partition coefficient (Wildman–Crippen LogP) is 2.41. The molecule has 1 amide bonds. The highest BCUT2D eigenvalue weighted by atomic mass is 16.5. The van der Waals surface area contributed by atoms with Crippen LogP contribution in [0, 0.1) is 13.8 Å². The van der Waals surface area contributed by atoms with E-state index in [1.165, 1.54) is 10.1 Å². The molecule has 0 spiro atoms. The van der Waals surface area contributed by atoms with Crippen molar-refractivity contribution in [2.45, 2.75) is 26.2 Å². The molecule has 1 fully saturated rings. The van der Waals surface area contributed by atoms with E-state index in [9.17, 15) is 14.4 Å². The van der Waals surface area contributed by atoms with Gasteiger partial charge in [0.1, 0.15) is 0 Å². The topological polar surface area (TPSA) is 114 Å². The van der Waals surface area contributed by atoms with Gasteiger partial charge in [0.2, 0.25) is 17.6 Å². The van der Waals surface area contributed by atoms with Crippen LogP contribution in [0.3, 0.4) is 0 Å². The van der Waals surface area contributed by atoms with Crippen molar-refractivity contribution >= 4 is 22.6 Å². The fraction of sp³-hybridized carbons (Fsp3) is 0.261. The molecule has 1 saturated heterocycles. The lowest BCUT2D eigenvalue weighted by atomic mass is 10.1. The van der Waals surface area contributed by atoms with Gasteiger partial charge in [0, 0.05) is 31.3 Å². The molecule has 1 atom stereocenters. The lowest BCUT2D eigenvalue weighted by molar-refractivity contribution is -0.117. The first-order valence-corrected chi connectivity index (χ1v) is 10.3. The van der Waals surface area contributed by atoms with E-state index in [4.69, 9.17) is 4.52 Å². The molecule has 162 valence electrons. The van der Waals surface area contributed by atoms with Crippen LogP contribution in [0.1, 0.15) is 29.4 Å². The van der Waals surface area contributed by atoms with Crippen LogP contribution in [0.2, 0.25) is 0 Å². The van der Waals surface area contributed by atoms with Crippen LogP contribution in [0.15, 0.2) is 50.5 Å². The Morgan fingerprint density at radius 3 is 2.66 bits per heavy atom. The molecule has 0 saturated carbocycles. The largest absolute Gasteiger partial charge is 0.339 e. The van der Waals surface area contributed by atoms with Crippen LogP contribution in [-0.4, -0.2) is 32.1 Å². The molecule has 2 aromatic carbocycles. The molecule has 2 aromatic heterocycles. The Labute approximate surface area is 182 Å². The molecule has 32 heavy (non-hydrogen) atoms. The van der Waals surface area contributed by atoms with Gasteiger partial charge in [0.25, 0.3) is 0 Å². The van der Waals surface area contributed by atoms with E-state index in [1.54, 1.807) is 30.1 Å². The van der Waals surface area contributed by atoms with E-state index in [0.717, 1.165) is 11.3 Å². The third kappa shape index (κ3) is 3.22. The molecule has 3 heterocycles. The number of fused-ring (bicyclic) bond motifs is 1. The number of amides is 1. The Balaban J connectivity index is 1.43. The zero-order valence-corrected chi connectivity index (χ0v) is 17.9. The summed E-state index contributed by atoms with van der Waals surface area (Å²) in [4.78, 5) is 45.1. The molecular weight excluding hydrogens is 410 g/mol. The smallest absolute Gasteiger partial charge is 0.316 e. The van der Waals surface area contributed by atoms with Crippen LogP contribution in [0.25, 0.3) is 22.4 Å². The molecule has 9 nitrogen and oxygen atoms in total. The number of anilines is 1. The van der Waals surface area contributed by atoms with Crippen molar-refractivity contribution in [2.24, 2.45) is 7.05 Å². The Hall–Kier alpha value is -4.01. The summed E-state index contributed by atoms with van der Waals surface area (Å²) in [5, 5.41) is 4.07. The summed E-state index contributed by atoms with van der Waals surface area (Å²) < 4.78 is 6.79. The molecule has 0 radical (unpaired) electrons. The summed E-state index contributed by atoms with van der Waals surface area (Å²) in [5.74, 6) is 0.566. The fourth-order valence-electron chi connectivity index (χ4n) is 4.04. The molecule has 0 aliphatic carbocycles. The SMILES string of the molecule is Cc1ccc(N2C[C@@H](c3nc(-c4ccc5c(c4)[nH]c(=O)c(=O)n5C)no3)CC2=O)cc1C. The number of carbonyl (C=O) groups excluding carboxylic acids is 1. The van der Waals surface area contributed by atoms with Crippen molar-refractivity contribution in [3.63, 3.8) is 0 Å². The number of nitrogens with zero attached hydrogens (tertiary/aromatic N) is 4. The molecule has 9 heteroatoms. The average Bonchev–Trinajstić information content (AvgIpc) is 3.41. The average molecular weight is 431 g/mol. The summed E-state index contributed by atoms with van der Waals surface area (Å²) in [7, 11) is 1.55. The Morgan fingerprint density at radius 1 is 1.06 bits per heavy atom. The second kappa shape index (κ2) is 7.30. The number of nitrogens with one attached hydrogen (secondary N) is 1. The second-order valence-electron chi connectivity index (χ2n) is 8.18. The summed E-state index contributed by atoms with van der Waals surface area (Å²) in [6.45, 7) is 4.53. The molecular formula is C23H21N5O4. The quantitative estimate of drug-likeness (QED) is 0.498. The van der Waals surface area contributed by atoms with Gasteiger partial charge in [-0.2, -0.15) is 4.98 Å². The van der Waals surface area contributed by atoms with Gasteiger partial charge in [-0.05, 0) is 55.3 Å². The first-order valence-electron chi connectivity index (χ1n) is 10.3. The molecule has 1 N–H and O–H groups in total. The minimum atomic E-state index is -0.693. The summed E-state index contributed by atoms with van der Waals surface area (Å²) in [6, 6.07) is 11.2. The highest BCUT2D eigenvalue weighted by Gasteiger charge is 2.35. The van der Waals surface area contributed by atoms with E-state index >= 15 is 0 Å². The number of aromatic nitrogens is 4. The third-order valence-electron chi connectivity index (χ3n) is 6.08. The van der Waals surface area contributed by atoms with Crippen molar-refractivity contribution in [1.29, 1.82) is 0 Å². The maximum Gasteiger partial charge on any atom is 0.316 e. The Bertz CT molecular complexity index is 1500. The van der Waals surface area contributed by atoms with Gasteiger partial charge in [-0.25, -0.2) is 0 Å². The van der Waals surface area contributed by atoms with E-state index < -0.39 is 11.1 Å². The monoisotopic (exact) mass is 431 g/mol. The standard InChI is InChI=1S/C23H21N5O4/c1-12-4-6-16(8-13(12)2)28-11-15(10-19(28)29)22-25-20(26-32-22)14-5-7-18-17(9-14)24-21(30)23(31)27(18)3/h4-9,15H,10-11H2,1-3H3,(H,24,30)/t15-/m0/s1. The zero-order valence-electron chi connectivity index (χ0n) is 17.9. The van der Waals surface area contributed by atoms with Gasteiger partial charge in [-0.15, -0.1) is 0 Å². The minimum absolute atomic E-state index is 0.0159. The van der Waals surface area contributed by atoms with Crippen molar-refractivity contribution in [3.8, 4) is 11.4 Å². The summed E-state index contributed by atoms with van der Waals surface area (Å²) in [6.07, 6.45) is 0.293. The van der Waals surface area contributed by atoms with Crippen LogP contribution >= 0.6 is 0 Å². The number of carbonyl (C=O) groups is 1. The van der Waals surface area contributed by atoms with Gasteiger partial charge in [0.15, 0.2) is 0 Å². The van der Waals surface area contributed by atoms with Gasteiger partial charge in [0.05, 0.1) is 17.0 Å². The van der Waals surface area contributed by atoms with Crippen LogP contribution in [0.4, 0.5) is 5.69 Å². The normalized spacial score (nSPS) is 16.3. The Kier molecular flexibility index (Phi) is 4.54. The molecule has 4 aromatic rings. The lowest BCUT2D eigenvalue weighted by Gasteiger charge is -2.17. The summed E-state index contributed by atoms with van der Waals surface area (Å²) in [5.41, 5.74) is 3.58. The van der Waals surface area contributed by atoms with Crippen LogP contribution < -0.4 is 16.0 Å². The molecule has 1 aliphatic rings. The van der Waals surface area contributed by atoms with Crippen molar-refractivity contribution < 1.29 is 9.32 Å². The van der Waals surface area contributed by atoms with Crippen LogP contribution in [-0.2, 0) is 11.8 Å². The van der Waals surface area contributed by atoms with Crippen LogP contribution in [0.5, 0.6) is 0 Å². The van der Waals surface area contributed by atoms with Crippen molar-refractivity contribution in [1.82, 2.24) is 19.7 Å². The fourth-order valence-corrected chi connectivity index (χ4v) is 4.04. The summed E-state index contributed by atoms with van der Waals surface area (Å²) >= 11 is 0. The number of benzene rings is 2. The highest BCUT2D eigenvalue weighted by molar-refractivity contribution is 5.96. The van der Waals surface area contributed by atoms with Gasteiger partial charge < -0.3 is 19.0 Å². The predicted molar refractivity (Wildman–Crippen MR) is 119 cm³/mol. The number of H-pyrrole nitrogens is 1. The molecule has 1 aliphatic heterocycles. The maximum absolute atomic E-state index is 12.6. The number of aryl methyl sites for hydroxylation is 3. The van der Waals surface area contributed by atoms with E-state index in [1.807, 2.05) is 32.0 Å². The minimum Gasteiger partial charge on any atom is -0.339 e. The van der Waals surface area contributed by atoms with Gasteiger partial charge >= 0.3 is 11.1 Å². The van der Waals surface area contributed by atoms with Crippen molar-refractivity contribution in [3.05, 3.63) is 74.1 Å². The number of rotatable bonds is 3. The zero-order chi connectivity index (χ0) is 22.6. The number of aromatic amines is 1. The molecule has 5 rings (SSSR count). The first kappa shape index (κ1) is 19.9. The van der Waals surface area contributed by atoms with Crippen molar-refractivity contribution in [2.75, 3.05) is 11.4 Å². The third-order valence-corrected chi connectivity index (χ3v) is 6.08. The number of hydrogen-bond donors (Lipinski definition) is 1. The Morgan fingerprint density at radius 2 is 1.88 bits per heavy atom. The van der Waals surface area contributed by atoms with Gasteiger partial charge in [-0.1, -0.05) is 11.2 Å². The molecule has 0 unspecified atom stereocenters.